The molecule has 0 heterocycles. The van der Waals surface area contributed by atoms with Gasteiger partial charge in [-0.05, 0) is 12.0 Å². The van der Waals surface area contributed by atoms with Gasteiger partial charge in [-0.3, -0.25) is 9.59 Å². The van der Waals surface area contributed by atoms with E-state index in [1.54, 1.807) is 6.07 Å². The molecule has 0 aliphatic heterocycles. The number of carbonyl (C=O) groups excluding carboxylic acids is 2. The number of rotatable bonds is 8. The Hall–Kier alpha value is -2.51. The quantitative estimate of drug-likeness (QED) is 0.581. The number of esters is 2. The molecule has 1 N–H and O–H groups in total. The zero-order valence-electron chi connectivity index (χ0n) is 12.3. The average Bonchev–Trinajstić information content (AvgIpc) is 2.49. The number of carbonyl (C=O) groups is 3. The maximum absolute atomic E-state index is 13.8. The lowest BCUT2D eigenvalue weighted by Crippen LogP contribution is -2.38. The van der Waals surface area contributed by atoms with Crippen molar-refractivity contribution < 1.29 is 37.7 Å². The first kappa shape index (κ1) is 18.5. The van der Waals surface area contributed by atoms with Crippen LogP contribution in [0.4, 0.5) is 8.78 Å². The number of hydrogen-bond donors (Lipinski definition) is 1. The summed E-state index contributed by atoms with van der Waals surface area (Å²) in [7, 11) is 0. The first-order chi connectivity index (χ1) is 10.7. The number of halogens is 2. The van der Waals surface area contributed by atoms with Gasteiger partial charge in [-0.15, -0.1) is 0 Å². The van der Waals surface area contributed by atoms with Gasteiger partial charge in [0.1, 0.15) is 0 Å². The molecule has 0 fully saturated rings. The normalized spacial score (nSPS) is 12.3. The van der Waals surface area contributed by atoms with E-state index in [0.29, 0.717) is 0 Å². The summed E-state index contributed by atoms with van der Waals surface area (Å²) in [6.07, 6.45) is -2.44. The number of ether oxygens (including phenoxy) is 2. The predicted octanol–water partition coefficient (Wildman–Crippen LogP) is 2.33. The molecule has 0 aromatic heterocycles. The molecule has 0 spiro atoms. The Labute approximate surface area is 131 Å². The smallest absolute Gasteiger partial charge is 0.382 e. The fourth-order valence-electron chi connectivity index (χ4n) is 1.71. The number of carboxylic acids is 1. The van der Waals surface area contributed by atoms with Gasteiger partial charge >= 0.3 is 23.8 Å². The van der Waals surface area contributed by atoms with Crippen molar-refractivity contribution in [2.75, 3.05) is 6.61 Å². The Bertz CT molecular complexity index is 558. The second kappa shape index (κ2) is 8.21. The van der Waals surface area contributed by atoms with Gasteiger partial charge in [-0.2, -0.15) is 8.78 Å². The SMILES string of the molecule is CC(=O)OCCCC(=O)OC(c1ccccc1)C(F)(F)C(=O)O. The van der Waals surface area contributed by atoms with Crippen molar-refractivity contribution >= 4 is 17.9 Å². The summed E-state index contributed by atoms with van der Waals surface area (Å²) in [4.78, 5) is 33.0. The van der Waals surface area contributed by atoms with Crippen LogP contribution < -0.4 is 0 Å². The molecular formula is C15H16F2O6. The molecule has 1 rings (SSSR count). The minimum Gasteiger partial charge on any atom is -0.477 e. The molecule has 126 valence electrons. The van der Waals surface area contributed by atoms with Crippen LogP contribution in [0.5, 0.6) is 0 Å². The van der Waals surface area contributed by atoms with Gasteiger partial charge < -0.3 is 14.6 Å². The van der Waals surface area contributed by atoms with Gasteiger partial charge in [0.05, 0.1) is 6.61 Å². The molecule has 0 aliphatic rings. The van der Waals surface area contributed by atoms with E-state index in [2.05, 4.69) is 9.47 Å². The number of hydrogen-bond acceptors (Lipinski definition) is 5. The first-order valence-corrected chi connectivity index (χ1v) is 6.74. The van der Waals surface area contributed by atoms with Crippen molar-refractivity contribution in [3.05, 3.63) is 35.9 Å². The van der Waals surface area contributed by atoms with E-state index >= 15 is 0 Å². The van der Waals surface area contributed by atoms with Crippen molar-refractivity contribution in [1.82, 2.24) is 0 Å². The van der Waals surface area contributed by atoms with Crippen LogP contribution in [0.25, 0.3) is 0 Å². The Morgan fingerprint density at radius 2 is 1.83 bits per heavy atom. The van der Waals surface area contributed by atoms with Crippen molar-refractivity contribution in [1.29, 1.82) is 0 Å². The van der Waals surface area contributed by atoms with E-state index in [0.717, 1.165) is 0 Å². The highest BCUT2D eigenvalue weighted by Gasteiger charge is 2.51. The molecule has 0 radical (unpaired) electrons. The molecule has 0 saturated carbocycles. The predicted molar refractivity (Wildman–Crippen MR) is 73.7 cm³/mol. The van der Waals surface area contributed by atoms with Gasteiger partial charge in [0.25, 0.3) is 0 Å². The molecule has 6 nitrogen and oxygen atoms in total. The molecule has 8 heteroatoms. The van der Waals surface area contributed by atoms with Gasteiger partial charge in [-0.1, -0.05) is 30.3 Å². The highest BCUT2D eigenvalue weighted by atomic mass is 19.3. The van der Waals surface area contributed by atoms with E-state index in [-0.39, 0.29) is 25.0 Å². The molecule has 0 saturated heterocycles. The minimum absolute atomic E-state index is 0.0598. The van der Waals surface area contributed by atoms with Crippen LogP contribution in [0.2, 0.25) is 0 Å². The molecule has 1 atom stereocenters. The summed E-state index contributed by atoms with van der Waals surface area (Å²) in [5, 5.41) is 8.66. The van der Waals surface area contributed by atoms with Gasteiger partial charge in [0, 0.05) is 13.3 Å². The number of alkyl halides is 2. The highest BCUT2D eigenvalue weighted by Crippen LogP contribution is 2.35. The van der Waals surface area contributed by atoms with Gasteiger partial charge in [-0.25, -0.2) is 4.79 Å². The summed E-state index contributed by atoms with van der Waals surface area (Å²) >= 11 is 0. The third-order valence-electron chi connectivity index (χ3n) is 2.80. The van der Waals surface area contributed by atoms with Crippen molar-refractivity contribution in [2.24, 2.45) is 0 Å². The summed E-state index contributed by atoms with van der Waals surface area (Å²) in [5.74, 6) is -8.20. The summed E-state index contributed by atoms with van der Waals surface area (Å²) in [5.41, 5.74) is -0.131. The highest BCUT2D eigenvalue weighted by molar-refractivity contribution is 5.78. The summed E-state index contributed by atoms with van der Waals surface area (Å²) < 4.78 is 36.9. The van der Waals surface area contributed by atoms with Crippen LogP contribution in [-0.4, -0.2) is 35.5 Å². The number of carboxylic acid groups (broad SMARTS) is 1. The Morgan fingerprint density at radius 3 is 2.35 bits per heavy atom. The Kier molecular flexibility index (Phi) is 6.62. The Balaban J connectivity index is 2.76. The molecular weight excluding hydrogens is 314 g/mol. The minimum atomic E-state index is -4.27. The molecule has 1 unspecified atom stereocenters. The van der Waals surface area contributed by atoms with Crippen LogP contribution >= 0.6 is 0 Å². The monoisotopic (exact) mass is 330 g/mol. The van der Waals surface area contributed by atoms with E-state index < -0.39 is 29.9 Å². The van der Waals surface area contributed by atoms with E-state index in [4.69, 9.17) is 5.11 Å². The van der Waals surface area contributed by atoms with Crippen molar-refractivity contribution in [3.63, 3.8) is 0 Å². The van der Waals surface area contributed by atoms with Gasteiger partial charge in [0.15, 0.2) is 0 Å². The molecule has 0 aliphatic carbocycles. The van der Waals surface area contributed by atoms with Crippen LogP contribution in [0.15, 0.2) is 30.3 Å². The molecule has 0 bridgehead atoms. The standard InChI is InChI=1S/C15H16F2O6/c1-10(18)22-9-5-8-12(19)23-13(15(16,17)14(20)21)11-6-3-2-4-7-11/h2-4,6-7,13H,5,8-9H2,1H3,(H,20,21). The molecule has 0 amide bonds. The lowest BCUT2D eigenvalue weighted by atomic mass is 10.0. The number of benzene rings is 1. The van der Waals surface area contributed by atoms with E-state index in [1.807, 2.05) is 0 Å². The second-order valence-electron chi connectivity index (χ2n) is 4.65. The van der Waals surface area contributed by atoms with Crippen molar-refractivity contribution in [2.45, 2.75) is 31.8 Å². The van der Waals surface area contributed by atoms with Crippen LogP contribution in [0.1, 0.15) is 31.4 Å². The maximum Gasteiger partial charge on any atom is 0.382 e. The van der Waals surface area contributed by atoms with Crippen molar-refractivity contribution in [3.8, 4) is 0 Å². The second-order valence-corrected chi connectivity index (χ2v) is 4.65. The maximum atomic E-state index is 13.8. The third-order valence-corrected chi connectivity index (χ3v) is 2.80. The lowest BCUT2D eigenvalue weighted by Gasteiger charge is -2.24. The van der Waals surface area contributed by atoms with Gasteiger partial charge in [0.2, 0.25) is 6.10 Å². The molecule has 1 aromatic rings. The first-order valence-electron chi connectivity index (χ1n) is 6.74. The fraction of sp³-hybridized carbons (Fsp3) is 0.400. The third kappa shape index (κ3) is 5.65. The number of aliphatic carboxylic acids is 1. The largest absolute Gasteiger partial charge is 0.477 e. The zero-order chi connectivity index (χ0) is 17.5. The van der Waals surface area contributed by atoms with Crippen LogP contribution in [0, 0.1) is 0 Å². The molecule has 1 aromatic carbocycles. The molecule has 23 heavy (non-hydrogen) atoms. The zero-order valence-corrected chi connectivity index (χ0v) is 12.3. The van der Waals surface area contributed by atoms with Crippen LogP contribution in [-0.2, 0) is 23.9 Å². The topological polar surface area (TPSA) is 89.9 Å². The van der Waals surface area contributed by atoms with Crippen LogP contribution in [0.3, 0.4) is 0 Å². The Morgan fingerprint density at radius 1 is 1.22 bits per heavy atom. The van der Waals surface area contributed by atoms with E-state index in [9.17, 15) is 23.2 Å². The lowest BCUT2D eigenvalue weighted by molar-refractivity contribution is -0.195. The fourth-order valence-corrected chi connectivity index (χ4v) is 1.71. The summed E-state index contributed by atoms with van der Waals surface area (Å²) in [6, 6.07) is 6.89. The van der Waals surface area contributed by atoms with E-state index in [1.165, 1.54) is 31.2 Å². The summed E-state index contributed by atoms with van der Waals surface area (Å²) in [6.45, 7) is 1.13. The average molecular weight is 330 g/mol.